The Hall–Kier alpha value is -2.51. The number of esters is 1. The van der Waals surface area contributed by atoms with Gasteiger partial charge in [-0.05, 0) is 67.0 Å². The number of nitrogens with one attached hydrogen (secondary N) is 1. The average Bonchev–Trinajstić information content (AvgIpc) is 3.26. The van der Waals surface area contributed by atoms with Crippen molar-refractivity contribution in [3.63, 3.8) is 0 Å². The number of carbonyl (C=O) groups excluding carboxylic acids is 1. The van der Waals surface area contributed by atoms with Crippen molar-refractivity contribution in [2.24, 2.45) is 0 Å². The largest absolute Gasteiger partial charge is 0.462 e. The molecule has 5 nitrogen and oxygen atoms in total. The van der Waals surface area contributed by atoms with Crippen LogP contribution in [0.5, 0.6) is 0 Å². The molecule has 3 aromatic heterocycles. The number of thiazole rings is 1. The van der Waals surface area contributed by atoms with Gasteiger partial charge in [-0.25, -0.2) is 9.78 Å². The Bertz CT molecular complexity index is 1200. The molecule has 0 atom stereocenters. The highest BCUT2D eigenvalue weighted by atomic mass is 79.9. The molecule has 0 aliphatic rings. The van der Waals surface area contributed by atoms with Crippen molar-refractivity contribution in [2.45, 2.75) is 20.8 Å². The van der Waals surface area contributed by atoms with E-state index in [1.165, 1.54) is 11.3 Å². The van der Waals surface area contributed by atoms with E-state index in [9.17, 15) is 4.79 Å². The number of pyridine rings is 1. The van der Waals surface area contributed by atoms with Gasteiger partial charge >= 0.3 is 5.97 Å². The van der Waals surface area contributed by atoms with E-state index in [4.69, 9.17) is 4.74 Å². The maximum Gasteiger partial charge on any atom is 0.350 e. The molecule has 4 aromatic rings. The Morgan fingerprint density at radius 1 is 1.21 bits per heavy atom. The summed E-state index contributed by atoms with van der Waals surface area (Å²) < 4.78 is 6.06. The third-order valence-electron chi connectivity index (χ3n) is 4.35. The van der Waals surface area contributed by atoms with Gasteiger partial charge in [-0.1, -0.05) is 6.07 Å². The topological polar surface area (TPSA) is 67.9 Å². The molecule has 28 heavy (non-hydrogen) atoms. The average molecular weight is 456 g/mol. The molecule has 0 saturated heterocycles. The van der Waals surface area contributed by atoms with Crippen LogP contribution in [-0.4, -0.2) is 27.5 Å². The number of carbonyl (C=O) groups is 1. The number of aryl methyl sites for hydroxylation is 2. The number of benzene rings is 1. The van der Waals surface area contributed by atoms with Crippen LogP contribution in [0.25, 0.3) is 32.9 Å². The molecule has 3 heterocycles. The van der Waals surface area contributed by atoms with Crippen molar-refractivity contribution in [2.75, 3.05) is 6.61 Å². The number of halogens is 1. The summed E-state index contributed by atoms with van der Waals surface area (Å²) in [6, 6.07) is 12.1. The Balaban J connectivity index is 1.78. The molecule has 4 rings (SSSR count). The van der Waals surface area contributed by atoms with Gasteiger partial charge in [0.15, 0.2) is 0 Å². The zero-order valence-corrected chi connectivity index (χ0v) is 18.1. The number of aromatic amines is 1. The summed E-state index contributed by atoms with van der Waals surface area (Å²) in [5.41, 5.74) is 5.47. The zero-order chi connectivity index (χ0) is 19.8. The molecule has 0 fully saturated rings. The van der Waals surface area contributed by atoms with E-state index >= 15 is 0 Å². The Morgan fingerprint density at radius 3 is 2.79 bits per heavy atom. The van der Waals surface area contributed by atoms with Crippen molar-refractivity contribution in [3.8, 4) is 22.0 Å². The van der Waals surface area contributed by atoms with Gasteiger partial charge in [0.2, 0.25) is 0 Å². The summed E-state index contributed by atoms with van der Waals surface area (Å²) in [6.07, 6.45) is 0. The fourth-order valence-electron chi connectivity index (χ4n) is 3.06. The van der Waals surface area contributed by atoms with Gasteiger partial charge in [0.25, 0.3) is 0 Å². The number of ether oxygens (including phenoxy) is 1. The number of aromatic nitrogens is 3. The Kier molecular flexibility index (Phi) is 5.03. The van der Waals surface area contributed by atoms with Crippen LogP contribution >= 0.6 is 27.3 Å². The van der Waals surface area contributed by atoms with Gasteiger partial charge in [0, 0.05) is 21.1 Å². The fourth-order valence-corrected chi connectivity index (χ4v) is 4.58. The molecule has 7 heteroatoms. The van der Waals surface area contributed by atoms with Gasteiger partial charge in [0.1, 0.15) is 9.88 Å². The lowest BCUT2D eigenvalue weighted by atomic mass is 10.1. The molecule has 0 aliphatic heterocycles. The second-order valence-electron chi connectivity index (χ2n) is 6.42. The van der Waals surface area contributed by atoms with Crippen LogP contribution in [-0.2, 0) is 4.74 Å². The number of nitrogens with zero attached hydrogens (tertiary/aromatic N) is 2. The minimum atomic E-state index is -0.321. The number of H-pyrrole nitrogens is 1. The maximum absolute atomic E-state index is 12.1. The number of fused-ring (bicyclic) bond motifs is 1. The predicted octanol–water partition coefficient (Wildman–Crippen LogP) is 5.91. The summed E-state index contributed by atoms with van der Waals surface area (Å²) in [5, 5.41) is 1.84. The van der Waals surface area contributed by atoms with Crippen LogP contribution in [0.2, 0.25) is 0 Å². The van der Waals surface area contributed by atoms with Gasteiger partial charge in [-0.2, -0.15) is 0 Å². The van der Waals surface area contributed by atoms with E-state index in [1.807, 2.05) is 38.1 Å². The monoisotopic (exact) mass is 455 g/mol. The molecule has 0 bridgehead atoms. The minimum absolute atomic E-state index is 0.321. The first kappa shape index (κ1) is 18.8. The molecular formula is C21H18BrN3O2S. The van der Waals surface area contributed by atoms with E-state index in [1.54, 1.807) is 6.92 Å². The van der Waals surface area contributed by atoms with Crippen molar-refractivity contribution in [1.82, 2.24) is 15.0 Å². The highest BCUT2D eigenvalue weighted by Gasteiger charge is 2.18. The van der Waals surface area contributed by atoms with Crippen molar-refractivity contribution in [1.29, 1.82) is 0 Å². The van der Waals surface area contributed by atoms with Gasteiger partial charge in [0.05, 0.1) is 29.2 Å². The molecule has 0 radical (unpaired) electrons. The first-order chi connectivity index (χ1) is 13.5. The summed E-state index contributed by atoms with van der Waals surface area (Å²) in [7, 11) is 0. The molecule has 142 valence electrons. The number of hydrogen-bond donors (Lipinski definition) is 1. The second kappa shape index (κ2) is 7.48. The van der Waals surface area contributed by atoms with Crippen molar-refractivity contribution in [3.05, 3.63) is 57.1 Å². The molecular weight excluding hydrogens is 438 g/mol. The van der Waals surface area contributed by atoms with Gasteiger partial charge < -0.3 is 9.72 Å². The van der Waals surface area contributed by atoms with E-state index in [0.29, 0.717) is 17.2 Å². The first-order valence-electron chi connectivity index (χ1n) is 8.87. The third kappa shape index (κ3) is 3.47. The van der Waals surface area contributed by atoms with Gasteiger partial charge in [-0.3, -0.25) is 4.98 Å². The lowest BCUT2D eigenvalue weighted by molar-refractivity contribution is 0.0531. The Morgan fingerprint density at radius 2 is 2.04 bits per heavy atom. The quantitative estimate of drug-likeness (QED) is 0.388. The van der Waals surface area contributed by atoms with Crippen LogP contribution in [0.1, 0.15) is 28.0 Å². The smallest absolute Gasteiger partial charge is 0.350 e. The van der Waals surface area contributed by atoms with Crippen LogP contribution in [0.3, 0.4) is 0 Å². The van der Waals surface area contributed by atoms with Crippen molar-refractivity contribution < 1.29 is 9.53 Å². The zero-order valence-electron chi connectivity index (χ0n) is 15.7. The summed E-state index contributed by atoms with van der Waals surface area (Å²) in [4.78, 5) is 25.3. The molecule has 1 aromatic carbocycles. The molecule has 1 N–H and O–H groups in total. The second-order valence-corrected chi connectivity index (χ2v) is 8.28. The van der Waals surface area contributed by atoms with Crippen molar-refractivity contribution >= 4 is 44.1 Å². The van der Waals surface area contributed by atoms with Crippen LogP contribution in [0, 0.1) is 13.8 Å². The van der Waals surface area contributed by atoms with E-state index in [0.717, 1.165) is 43.0 Å². The standard InChI is InChI=1S/C21H18BrN3O2S/c1-4-27-21(26)19-12(3)24-20(28-19)14-8-13-10-17(25-18(13)15(22)9-14)16-7-5-6-11(2)23-16/h5-10,25H,4H2,1-3H3. The minimum Gasteiger partial charge on any atom is -0.462 e. The maximum atomic E-state index is 12.1. The highest BCUT2D eigenvalue weighted by molar-refractivity contribution is 9.10. The summed E-state index contributed by atoms with van der Waals surface area (Å²) in [5.74, 6) is -0.321. The van der Waals surface area contributed by atoms with Gasteiger partial charge in [-0.15, -0.1) is 11.3 Å². The first-order valence-corrected chi connectivity index (χ1v) is 10.5. The van der Waals surface area contributed by atoms with Crippen LogP contribution < -0.4 is 0 Å². The lowest BCUT2D eigenvalue weighted by Gasteiger charge is -2.00. The highest BCUT2D eigenvalue weighted by Crippen LogP contribution is 2.36. The third-order valence-corrected chi connectivity index (χ3v) is 6.16. The fraction of sp³-hybridized carbons (Fsp3) is 0.190. The molecule has 0 aliphatic carbocycles. The summed E-state index contributed by atoms with van der Waals surface area (Å²) in [6.45, 7) is 5.96. The lowest BCUT2D eigenvalue weighted by Crippen LogP contribution is -2.03. The summed E-state index contributed by atoms with van der Waals surface area (Å²) >= 11 is 5.01. The van der Waals surface area contributed by atoms with Crippen LogP contribution in [0.15, 0.2) is 40.9 Å². The SMILES string of the molecule is CCOC(=O)c1sc(-c2cc(Br)c3[nH]c(-c4cccc(C)n4)cc3c2)nc1C. The molecule has 0 spiro atoms. The Labute approximate surface area is 174 Å². The number of rotatable bonds is 4. The van der Waals surface area contributed by atoms with E-state index in [-0.39, 0.29) is 5.97 Å². The van der Waals surface area contributed by atoms with E-state index < -0.39 is 0 Å². The predicted molar refractivity (Wildman–Crippen MR) is 116 cm³/mol. The molecule has 0 saturated carbocycles. The molecule has 0 amide bonds. The van der Waals surface area contributed by atoms with Crippen LogP contribution in [0.4, 0.5) is 0 Å². The normalized spacial score (nSPS) is 11.1. The molecule has 0 unspecified atom stereocenters. The number of hydrogen-bond acceptors (Lipinski definition) is 5. The van der Waals surface area contributed by atoms with E-state index in [2.05, 4.69) is 43.0 Å².